The summed E-state index contributed by atoms with van der Waals surface area (Å²) in [6.07, 6.45) is 3.33. The third-order valence-electron chi connectivity index (χ3n) is 3.04. The molecule has 1 aromatic heterocycles. The van der Waals surface area contributed by atoms with Crippen LogP contribution in [0.15, 0.2) is 18.3 Å². The maximum absolute atomic E-state index is 11.2. The lowest BCUT2D eigenvalue weighted by molar-refractivity contribution is 0.00283. The lowest BCUT2D eigenvalue weighted by Crippen LogP contribution is -2.62. The molecule has 1 saturated heterocycles. The second-order valence-electron chi connectivity index (χ2n) is 4.57. The Bertz CT molecular complexity index is 428. The predicted molar refractivity (Wildman–Crippen MR) is 64.8 cm³/mol. The fourth-order valence-electron chi connectivity index (χ4n) is 2.28. The molecule has 0 aliphatic carbocycles. The van der Waals surface area contributed by atoms with Crippen LogP contribution in [0.25, 0.3) is 0 Å². The number of β-amino-alcohol motifs (C(OH)–C–C–N with tert-alkyl or cyclic N) is 1. The largest absolute Gasteiger partial charge is 0.386 e. The van der Waals surface area contributed by atoms with Crippen molar-refractivity contribution in [3.05, 3.63) is 23.9 Å². The summed E-state index contributed by atoms with van der Waals surface area (Å²) in [6.45, 7) is 3.06. The van der Waals surface area contributed by atoms with E-state index in [1.165, 1.54) is 0 Å². The van der Waals surface area contributed by atoms with Crippen LogP contribution in [0.3, 0.4) is 0 Å². The SMILES string of the molecule is CCCC1(O)CN(c2ncccc2C(N)=O)C1. The van der Waals surface area contributed by atoms with Gasteiger partial charge in [0.2, 0.25) is 0 Å². The molecule has 3 N–H and O–H groups in total. The number of nitrogens with two attached hydrogens (primary N) is 1. The molecular formula is C12H17N3O2. The average molecular weight is 235 g/mol. The van der Waals surface area contributed by atoms with Crippen LogP contribution in [0, 0.1) is 0 Å². The van der Waals surface area contributed by atoms with Crippen LogP contribution >= 0.6 is 0 Å². The normalized spacial score (nSPS) is 17.6. The molecule has 1 amide bonds. The van der Waals surface area contributed by atoms with Crippen molar-refractivity contribution in [2.75, 3.05) is 18.0 Å². The summed E-state index contributed by atoms with van der Waals surface area (Å²) in [5.41, 5.74) is 5.06. The second kappa shape index (κ2) is 4.33. The molecule has 1 aliphatic rings. The zero-order chi connectivity index (χ0) is 12.5. The van der Waals surface area contributed by atoms with E-state index < -0.39 is 11.5 Å². The fourth-order valence-corrected chi connectivity index (χ4v) is 2.28. The Kier molecular flexibility index (Phi) is 3.02. The van der Waals surface area contributed by atoms with E-state index in [4.69, 9.17) is 5.73 Å². The molecule has 1 fully saturated rings. The third kappa shape index (κ3) is 2.24. The summed E-state index contributed by atoms with van der Waals surface area (Å²) in [4.78, 5) is 17.3. The van der Waals surface area contributed by atoms with Crippen molar-refractivity contribution in [1.82, 2.24) is 4.98 Å². The van der Waals surface area contributed by atoms with Gasteiger partial charge in [0.05, 0.1) is 11.2 Å². The minimum Gasteiger partial charge on any atom is -0.386 e. The van der Waals surface area contributed by atoms with Gasteiger partial charge in [-0.1, -0.05) is 13.3 Å². The molecule has 2 heterocycles. The molecule has 92 valence electrons. The van der Waals surface area contributed by atoms with Gasteiger partial charge in [0.1, 0.15) is 5.82 Å². The van der Waals surface area contributed by atoms with Crippen molar-refractivity contribution in [1.29, 1.82) is 0 Å². The van der Waals surface area contributed by atoms with Crippen molar-refractivity contribution in [3.63, 3.8) is 0 Å². The van der Waals surface area contributed by atoms with Crippen LogP contribution < -0.4 is 10.6 Å². The maximum atomic E-state index is 11.2. The molecule has 0 spiro atoms. The number of anilines is 1. The number of amides is 1. The first-order valence-electron chi connectivity index (χ1n) is 5.78. The summed E-state index contributed by atoms with van der Waals surface area (Å²) in [5, 5.41) is 10.1. The molecule has 0 unspecified atom stereocenters. The number of aromatic nitrogens is 1. The van der Waals surface area contributed by atoms with Crippen molar-refractivity contribution in [2.45, 2.75) is 25.4 Å². The number of pyridine rings is 1. The quantitative estimate of drug-likeness (QED) is 0.798. The number of hydrogen-bond acceptors (Lipinski definition) is 4. The molecule has 0 aromatic carbocycles. The van der Waals surface area contributed by atoms with Crippen LogP contribution in [0.2, 0.25) is 0 Å². The predicted octanol–water partition coefficient (Wildman–Crippen LogP) is 0.532. The molecule has 5 heteroatoms. The standard InChI is InChI=1S/C12H17N3O2/c1-2-5-12(17)7-15(8-12)11-9(10(13)16)4-3-6-14-11/h3-4,6,17H,2,5,7-8H2,1H3,(H2,13,16). The molecule has 1 aliphatic heterocycles. The second-order valence-corrected chi connectivity index (χ2v) is 4.57. The van der Waals surface area contributed by atoms with Gasteiger partial charge in [-0.25, -0.2) is 4.98 Å². The first-order valence-corrected chi connectivity index (χ1v) is 5.78. The van der Waals surface area contributed by atoms with Crippen LogP contribution in [0.1, 0.15) is 30.1 Å². The van der Waals surface area contributed by atoms with Crippen molar-refractivity contribution >= 4 is 11.7 Å². The zero-order valence-corrected chi connectivity index (χ0v) is 9.89. The van der Waals surface area contributed by atoms with Crippen molar-refractivity contribution < 1.29 is 9.90 Å². The minimum atomic E-state index is -0.638. The fraction of sp³-hybridized carbons (Fsp3) is 0.500. The van der Waals surface area contributed by atoms with E-state index in [-0.39, 0.29) is 0 Å². The summed E-state index contributed by atoms with van der Waals surface area (Å²) in [6, 6.07) is 3.34. The van der Waals surface area contributed by atoms with E-state index in [1.54, 1.807) is 18.3 Å². The molecular weight excluding hydrogens is 218 g/mol. The summed E-state index contributed by atoms with van der Waals surface area (Å²) in [7, 11) is 0. The summed E-state index contributed by atoms with van der Waals surface area (Å²) >= 11 is 0. The van der Waals surface area contributed by atoms with Gasteiger partial charge < -0.3 is 15.7 Å². The molecule has 0 saturated carbocycles. The van der Waals surface area contributed by atoms with Gasteiger partial charge in [-0.3, -0.25) is 4.79 Å². The van der Waals surface area contributed by atoms with Crippen LogP contribution in [0.5, 0.6) is 0 Å². The first kappa shape index (κ1) is 11.9. The number of carbonyl (C=O) groups excluding carboxylic acids is 1. The number of hydrogen-bond donors (Lipinski definition) is 2. The Labute approximate surface area is 100 Å². The lowest BCUT2D eigenvalue weighted by Gasteiger charge is -2.47. The monoisotopic (exact) mass is 235 g/mol. The van der Waals surface area contributed by atoms with Crippen LogP contribution in [-0.2, 0) is 0 Å². The molecule has 17 heavy (non-hydrogen) atoms. The Morgan fingerprint density at radius 1 is 1.65 bits per heavy atom. The zero-order valence-electron chi connectivity index (χ0n) is 9.89. The molecule has 2 rings (SSSR count). The van der Waals surface area contributed by atoms with Gasteiger partial charge in [-0.2, -0.15) is 0 Å². The number of carbonyl (C=O) groups is 1. The number of aliphatic hydroxyl groups is 1. The van der Waals surface area contributed by atoms with E-state index in [0.29, 0.717) is 24.5 Å². The van der Waals surface area contributed by atoms with Gasteiger partial charge in [-0.05, 0) is 18.6 Å². The average Bonchev–Trinajstić information content (AvgIpc) is 2.26. The number of nitrogens with zero attached hydrogens (tertiary/aromatic N) is 2. The van der Waals surface area contributed by atoms with E-state index >= 15 is 0 Å². The smallest absolute Gasteiger partial charge is 0.252 e. The number of rotatable bonds is 4. The van der Waals surface area contributed by atoms with Crippen molar-refractivity contribution in [3.8, 4) is 0 Å². The molecule has 0 bridgehead atoms. The van der Waals surface area contributed by atoms with Crippen LogP contribution in [-0.4, -0.2) is 34.7 Å². The highest BCUT2D eigenvalue weighted by molar-refractivity contribution is 5.97. The van der Waals surface area contributed by atoms with Gasteiger partial charge in [0.15, 0.2) is 0 Å². The molecule has 0 atom stereocenters. The Morgan fingerprint density at radius 3 is 2.94 bits per heavy atom. The van der Waals surface area contributed by atoms with E-state index in [9.17, 15) is 9.90 Å². The highest BCUT2D eigenvalue weighted by atomic mass is 16.3. The topological polar surface area (TPSA) is 79.4 Å². The van der Waals surface area contributed by atoms with Gasteiger partial charge in [-0.15, -0.1) is 0 Å². The van der Waals surface area contributed by atoms with Crippen molar-refractivity contribution in [2.24, 2.45) is 5.73 Å². The van der Waals surface area contributed by atoms with E-state index in [0.717, 1.165) is 12.8 Å². The van der Waals surface area contributed by atoms with Gasteiger partial charge >= 0.3 is 0 Å². The van der Waals surface area contributed by atoms with E-state index in [2.05, 4.69) is 4.98 Å². The first-order chi connectivity index (χ1) is 8.06. The Hall–Kier alpha value is -1.62. The lowest BCUT2D eigenvalue weighted by atomic mass is 9.89. The Balaban J connectivity index is 2.14. The van der Waals surface area contributed by atoms with Crippen LogP contribution in [0.4, 0.5) is 5.82 Å². The van der Waals surface area contributed by atoms with E-state index in [1.807, 2.05) is 11.8 Å². The summed E-state index contributed by atoms with van der Waals surface area (Å²) < 4.78 is 0. The molecule has 0 radical (unpaired) electrons. The van der Waals surface area contributed by atoms with Gasteiger partial charge in [0, 0.05) is 19.3 Å². The maximum Gasteiger partial charge on any atom is 0.252 e. The molecule has 5 nitrogen and oxygen atoms in total. The summed E-state index contributed by atoms with van der Waals surface area (Å²) in [5.74, 6) is 0.0832. The van der Waals surface area contributed by atoms with Gasteiger partial charge in [0.25, 0.3) is 5.91 Å². The Morgan fingerprint density at radius 2 is 2.35 bits per heavy atom. The molecule has 1 aromatic rings. The number of primary amides is 1. The third-order valence-corrected chi connectivity index (χ3v) is 3.04. The minimum absolute atomic E-state index is 0.408. The highest BCUT2D eigenvalue weighted by Gasteiger charge is 2.41. The highest BCUT2D eigenvalue weighted by Crippen LogP contribution is 2.31.